The highest BCUT2D eigenvalue weighted by Gasteiger charge is 2.27. The van der Waals surface area contributed by atoms with Gasteiger partial charge in [-0.25, -0.2) is 0 Å². The molecule has 0 bridgehead atoms. The Labute approximate surface area is 120 Å². The summed E-state index contributed by atoms with van der Waals surface area (Å²) in [6, 6.07) is 3.91. The molecule has 0 spiro atoms. The maximum Gasteiger partial charge on any atom is 0.0966 e. The van der Waals surface area contributed by atoms with Crippen LogP contribution in [0.5, 0.6) is 0 Å². The molecule has 0 radical (unpaired) electrons. The molecule has 0 saturated heterocycles. The van der Waals surface area contributed by atoms with Crippen LogP contribution in [-0.2, 0) is 11.2 Å². The second-order valence-electron chi connectivity index (χ2n) is 4.34. The predicted molar refractivity (Wildman–Crippen MR) is 78.2 cm³/mol. The van der Waals surface area contributed by atoms with Crippen molar-refractivity contribution >= 4 is 44.6 Å². The third kappa shape index (κ3) is 1.95. The van der Waals surface area contributed by atoms with Gasteiger partial charge in [-0.05, 0) is 19.2 Å². The standard InChI is InChI=1S/C13H13Cl2NOS/c1-16-6-8-11-10(4-5-17-8)18-9-3-2-7(14)13(15)12(9)11/h2-3,8,16H,4-6H2,1H3. The number of likely N-dealkylation sites (N-methyl/N-ethyl adjacent to an activating group) is 1. The average molecular weight is 302 g/mol. The Kier molecular flexibility index (Phi) is 3.52. The van der Waals surface area contributed by atoms with Crippen molar-refractivity contribution in [2.45, 2.75) is 12.5 Å². The number of nitrogens with one attached hydrogen (secondary N) is 1. The van der Waals surface area contributed by atoms with Crippen molar-refractivity contribution in [1.29, 1.82) is 0 Å². The lowest BCUT2D eigenvalue weighted by molar-refractivity contribution is 0.0462. The number of halogens is 2. The van der Waals surface area contributed by atoms with Gasteiger partial charge in [-0.3, -0.25) is 0 Å². The van der Waals surface area contributed by atoms with E-state index in [0.29, 0.717) is 10.0 Å². The lowest BCUT2D eigenvalue weighted by Crippen LogP contribution is -2.24. The number of hydrogen-bond donors (Lipinski definition) is 1. The van der Waals surface area contributed by atoms with Gasteiger partial charge in [-0.1, -0.05) is 23.2 Å². The van der Waals surface area contributed by atoms with Gasteiger partial charge in [-0.15, -0.1) is 11.3 Å². The molecule has 1 aliphatic rings. The first-order valence-electron chi connectivity index (χ1n) is 5.88. The first kappa shape index (κ1) is 12.7. The van der Waals surface area contributed by atoms with E-state index in [1.54, 1.807) is 11.3 Å². The van der Waals surface area contributed by atoms with Gasteiger partial charge in [0.2, 0.25) is 0 Å². The topological polar surface area (TPSA) is 21.3 Å². The number of thiophene rings is 1. The van der Waals surface area contributed by atoms with E-state index in [2.05, 4.69) is 5.32 Å². The maximum atomic E-state index is 6.37. The van der Waals surface area contributed by atoms with Crippen LogP contribution >= 0.6 is 34.5 Å². The van der Waals surface area contributed by atoms with Gasteiger partial charge >= 0.3 is 0 Å². The number of ether oxygens (including phenoxy) is 1. The molecule has 5 heteroatoms. The fourth-order valence-corrected chi connectivity index (χ4v) is 4.17. The molecule has 1 aliphatic heterocycles. The Morgan fingerprint density at radius 3 is 3.06 bits per heavy atom. The van der Waals surface area contributed by atoms with Crippen molar-refractivity contribution in [2.24, 2.45) is 0 Å². The van der Waals surface area contributed by atoms with Crippen LogP contribution in [0.15, 0.2) is 12.1 Å². The van der Waals surface area contributed by atoms with Crippen molar-refractivity contribution in [3.8, 4) is 0 Å². The molecule has 1 N–H and O–H groups in total. The molecule has 2 aromatic rings. The van der Waals surface area contributed by atoms with Gasteiger partial charge < -0.3 is 10.1 Å². The molecule has 1 aromatic carbocycles. The van der Waals surface area contributed by atoms with E-state index in [1.807, 2.05) is 19.2 Å². The molecule has 18 heavy (non-hydrogen) atoms. The average Bonchev–Trinajstić information content (AvgIpc) is 2.74. The minimum atomic E-state index is 0.0727. The lowest BCUT2D eigenvalue weighted by atomic mass is 10.0. The minimum Gasteiger partial charge on any atom is -0.372 e. The number of fused-ring (bicyclic) bond motifs is 3. The zero-order valence-electron chi connectivity index (χ0n) is 9.93. The maximum absolute atomic E-state index is 6.37. The Bertz CT molecular complexity index is 596. The van der Waals surface area contributed by atoms with Gasteiger partial charge in [0.1, 0.15) is 0 Å². The summed E-state index contributed by atoms with van der Waals surface area (Å²) in [5.74, 6) is 0. The SMILES string of the molecule is CNCC1OCCc2sc3ccc(Cl)c(Cl)c3c21. The van der Waals surface area contributed by atoms with Crippen LogP contribution in [0, 0.1) is 0 Å². The first-order chi connectivity index (χ1) is 8.72. The molecule has 1 aromatic heterocycles. The molecule has 2 nitrogen and oxygen atoms in total. The van der Waals surface area contributed by atoms with Gasteiger partial charge in [0, 0.05) is 33.5 Å². The predicted octanol–water partition coefficient (Wildman–Crippen LogP) is 4.04. The van der Waals surface area contributed by atoms with Crippen LogP contribution in [0.1, 0.15) is 16.5 Å². The smallest absolute Gasteiger partial charge is 0.0966 e. The Morgan fingerprint density at radius 1 is 1.44 bits per heavy atom. The first-order valence-corrected chi connectivity index (χ1v) is 7.45. The monoisotopic (exact) mass is 301 g/mol. The fraction of sp³-hybridized carbons (Fsp3) is 0.385. The number of hydrogen-bond acceptors (Lipinski definition) is 3. The summed E-state index contributed by atoms with van der Waals surface area (Å²) in [7, 11) is 1.93. The molecule has 0 saturated carbocycles. The lowest BCUT2D eigenvalue weighted by Gasteiger charge is -2.23. The van der Waals surface area contributed by atoms with Crippen molar-refractivity contribution in [3.05, 3.63) is 32.6 Å². The third-order valence-corrected chi connectivity index (χ3v) is 5.25. The van der Waals surface area contributed by atoms with Crippen LogP contribution in [0.4, 0.5) is 0 Å². The Morgan fingerprint density at radius 2 is 2.28 bits per heavy atom. The molecule has 0 fully saturated rings. The molecule has 3 rings (SSSR count). The zero-order valence-corrected chi connectivity index (χ0v) is 12.3. The Balaban J connectivity index is 2.25. The summed E-state index contributed by atoms with van der Waals surface area (Å²) in [6.45, 7) is 1.57. The number of rotatable bonds is 2. The van der Waals surface area contributed by atoms with Gasteiger partial charge in [0.25, 0.3) is 0 Å². The van der Waals surface area contributed by atoms with Crippen molar-refractivity contribution in [3.63, 3.8) is 0 Å². The Hall–Kier alpha value is -0.320. The minimum absolute atomic E-state index is 0.0727. The quantitative estimate of drug-likeness (QED) is 0.904. The normalized spacial score (nSPS) is 19.2. The van der Waals surface area contributed by atoms with Crippen LogP contribution in [0.25, 0.3) is 10.1 Å². The molecule has 0 amide bonds. The van der Waals surface area contributed by atoms with E-state index < -0.39 is 0 Å². The van der Waals surface area contributed by atoms with E-state index >= 15 is 0 Å². The summed E-state index contributed by atoms with van der Waals surface area (Å²) in [5.41, 5.74) is 1.23. The van der Waals surface area contributed by atoms with Crippen molar-refractivity contribution in [1.82, 2.24) is 5.32 Å². The third-order valence-electron chi connectivity index (χ3n) is 3.22. The van der Waals surface area contributed by atoms with Gasteiger partial charge in [0.15, 0.2) is 0 Å². The molecule has 96 valence electrons. The fourth-order valence-electron chi connectivity index (χ4n) is 2.45. The highest BCUT2D eigenvalue weighted by Crippen LogP contribution is 2.44. The molecular weight excluding hydrogens is 289 g/mol. The van der Waals surface area contributed by atoms with Crippen LogP contribution in [0.2, 0.25) is 10.0 Å². The molecule has 1 atom stereocenters. The van der Waals surface area contributed by atoms with Gasteiger partial charge in [-0.2, -0.15) is 0 Å². The zero-order chi connectivity index (χ0) is 12.7. The van der Waals surface area contributed by atoms with Crippen LogP contribution in [-0.4, -0.2) is 20.2 Å². The molecule has 2 heterocycles. The number of benzene rings is 1. The van der Waals surface area contributed by atoms with E-state index in [4.69, 9.17) is 27.9 Å². The summed E-state index contributed by atoms with van der Waals surface area (Å²) in [5, 5.41) is 5.50. The second-order valence-corrected chi connectivity index (χ2v) is 6.26. The van der Waals surface area contributed by atoms with E-state index in [-0.39, 0.29) is 6.10 Å². The van der Waals surface area contributed by atoms with E-state index in [0.717, 1.165) is 25.0 Å². The molecular formula is C13H13Cl2NOS. The molecule has 1 unspecified atom stereocenters. The summed E-state index contributed by atoms with van der Waals surface area (Å²) >= 11 is 14.3. The largest absolute Gasteiger partial charge is 0.372 e. The molecule has 0 aliphatic carbocycles. The van der Waals surface area contributed by atoms with E-state index in [1.165, 1.54) is 15.1 Å². The summed E-state index contributed by atoms with van der Waals surface area (Å²) in [4.78, 5) is 1.38. The van der Waals surface area contributed by atoms with Crippen LogP contribution in [0.3, 0.4) is 0 Å². The van der Waals surface area contributed by atoms with Crippen molar-refractivity contribution in [2.75, 3.05) is 20.2 Å². The highest BCUT2D eigenvalue weighted by molar-refractivity contribution is 7.19. The van der Waals surface area contributed by atoms with Crippen molar-refractivity contribution < 1.29 is 4.74 Å². The second kappa shape index (κ2) is 4.99. The highest BCUT2D eigenvalue weighted by atomic mass is 35.5. The van der Waals surface area contributed by atoms with E-state index in [9.17, 15) is 0 Å². The summed E-state index contributed by atoms with van der Waals surface area (Å²) in [6.07, 6.45) is 1.03. The van der Waals surface area contributed by atoms with Crippen LogP contribution < -0.4 is 5.32 Å². The van der Waals surface area contributed by atoms with Gasteiger partial charge in [0.05, 0.1) is 22.8 Å². The summed E-state index contributed by atoms with van der Waals surface area (Å²) < 4.78 is 7.04.